The summed E-state index contributed by atoms with van der Waals surface area (Å²) in [6.45, 7) is 0. The van der Waals surface area contributed by atoms with Gasteiger partial charge in [0.1, 0.15) is 11.6 Å². The second-order valence-corrected chi connectivity index (χ2v) is 5.42. The Kier molecular flexibility index (Phi) is 3.37. The van der Waals surface area contributed by atoms with Crippen molar-refractivity contribution in [3.05, 3.63) is 59.9 Å². The third-order valence-corrected chi connectivity index (χ3v) is 4.14. The molecule has 0 saturated heterocycles. The van der Waals surface area contributed by atoms with Crippen LogP contribution in [0.2, 0.25) is 0 Å². The maximum atomic E-state index is 14.0. The summed E-state index contributed by atoms with van der Waals surface area (Å²) in [6, 6.07) is 12.8. The van der Waals surface area contributed by atoms with Gasteiger partial charge in [-0.05, 0) is 31.0 Å². The molecule has 0 unspecified atom stereocenters. The molecule has 2 aromatic rings. The van der Waals surface area contributed by atoms with Crippen molar-refractivity contribution in [3.8, 4) is 5.75 Å². The average Bonchev–Trinajstić information content (AvgIpc) is 2.39. The maximum absolute atomic E-state index is 14.0. The third kappa shape index (κ3) is 2.37. The normalized spacial score (nSPS) is 16.0. The van der Waals surface area contributed by atoms with Crippen LogP contribution in [0.4, 0.5) is 10.1 Å². The summed E-state index contributed by atoms with van der Waals surface area (Å²) < 4.78 is 14.0. The lowest BCUT2D eigenvalue weighted by Crippen LogP contribution is -2.46. The van der Waals surface area contributed by atoms with Crippen LogP contribution in [-0.2, 0) is 10.2 Å². The lowest BCUT2D eigenvalue weighted by atomic mass is 9.63. The summed E-state index contributed by atoms with van der Waals surface area (Å²) in [4.78, 5) is 12.6. The minimum atomic E-state index is -0.795. The molecule has 4 heteroatoms. The van der Waals surface area contributed by atoms with E-state index < -0.39 is 5.41 Å². The highest BCUT2D eigenvalue weighted by Gasteiger charge is 2.47. The van der Waals surface area contributed by atoms with Crippen LogP contribution in [0.5, 0.6) is 5.75 Å². The van der Waals surface area contributed by atoms with Gasteiger partial charge in [-0.3, -0.25) is 4.79 Å². The lowest BCUT2D eigenvalue weighted by molar-refractivity contribution is -0.124. The number of amides is 1. The van der Waals surface area contributed by atoms with E-state index in [2.05, 4.69) is 5.32 Å². The van der Waals surface area contributed by atoms with Gasteiger partial charge in [-0.2, -0.15) is 0 Å². The highest BCUT2D eigenvalue weighted by atomic mass is 19.1. The molecule has 0 spiro atoms. The second kappa shape index (κ2) is 5.20. The van der Waals surface area contributed by atoms with Gasteiger partial charge in [-0.1, -0.05) is 30.7 Å². The molecule has 3 rings (SSSR count). The fraction of sp³-hybridized carbons (Fsp3) is 0.235. The molecule has 0 aromatic heterocycles. The third-order valence-electron chi connectivity index (χ3n) is 4.14. The van der Waals surface area contributed by atoms with Gasteiger partial charge in [0, 0.05) is 17.3 Å². The largest absolute Gasteiger partial charge is 0.508 e. The van der Waals surface area contributed by atoms with Crippen molar-refractivity contribution in [2.45, 2.75) is 24.7 Å². The number of nitrogens with one attached hydrogen (secondary N) is 1. The molecule has 0 atom stereocenters. The van der Waals surface area contributed by atoms with E-state index in [9.17, 15) is 14.3 Å². The summed E-state index contributed by atoms with van der Waals surface area (Å²) >= 11 is 0. The fourth-order valence-corrected chi connectivity index (χ4v) is 2.83. The van der Waals surface area contributed by atoms with Gasteiger partial charge in [0.15, 0.2) is 0 Å². The van der Waals surface area contributed by atoms with E-state index in [0.717, 1.165) is 6.42 Å². The Balaban J connectivity index is 1.90. The number of aromatic hydroxyl groups is 1. The van der Waals surface area contributed by atoms with Crippen molar-refractivity contribution < 1.29 is 14.3 Å². The van der Waals surface area contributed by atoms with Gasteiger partial charge < -0.3 is 10.4 Å². The zero-order valence-electron chi connectivity index (χ0n) is 11.5. The van der Waals surface area contributed by atoms with E-state index in [-0.39, 0.29) is 17.5 Å². The highest BCUT2D eigenvalue weighted by Crippen LogP contribution is 2.45. The number of rotatable bonds is 3. The van der Waals surface area contributed by atoms with E-state index in [1.807, 2.05) is 0 Å². The molecule has 21 heavy (non-hydrogen) atoms. The van der Waals surface area contributed by atoms with Gasteiger partial charge in [0.25, 0.3) is 0 Å². The standard InChI is InChI=1S/C17H16FNO2/c18-15-8-2-1-7-14(15)17(9-4-10-17)16(21)19-12-5-3-6-13(20)11-12/h1-3,5-8,11,20H,4,9-10H2,(H,19,21). The Bertz CT molecular complexity index is 680. The van der Waals surface area contributed by atoms with Crippen LogP contribution >= 0.6 is 0 Å². The molecule has 1 saturated carbocycles. The van der Waals surface area contributed by atoms with Gasteiger partial charge >= 0.3 is 0 Å². The highest BCUT2D eigenvalue weighted by molar-refractivity contribution is 6.00. The summed E-state index contributed by atoms with van der Waals surface area (Å²) in [6.07, 6.45) is 2.18. The van der Waals surface area contributed by atoms with Crippen LogP contribution in [-0.4, -0.2) is 11.0 Å². The average molecular weight is 285 g/mol. The summed E-state index contributed by atoms with van der Waals surface area (Å²) in [7, 11) is 0. The molecule has 2 N–H and O–H groups in total. The number of phenolic OH excluding ortho intramolecular Hbond substituents is 1. The number of anilines is 1. The summed E-state index contributed by atoms with van der Waals surface area (Å²) in [5, 5.41) is 12.2. The van der Waals surface area contributed by atoms with Crippen LogP contribution in [0, 0.1) is 5.82 Å². The van der Waals surface area contributed by atoms with Crippen LogP contribution in [0.1, 0.15) is 24.8 Å². The lowest BCUT2D eigenvalue weighted by Gasteiger charge is -2.40. The van der Waals surface area contributed by atoms with Crippen molar-refractivity contribution in [2.24, 2.45) is 0 Å². The minimum Gasteiger partial charge on any atom is -0.508 e. The number of benzene rings is 2. The molecule has 2 aromatic carbocycles. The van der Waals surface area contributed by atoms with Crippen molar-refractivity contribution in [3.63, 3.8) is 0 Å². The van der Waals surface area contributed by atoms with E-state index >= 15 is 0 Å². The smallest absolute Gasteiger partial charge is 0.235 e. The molecule has 1 amide bonds. The maximum Gasteiger partial charge on any atom is 0.235 e. The molecule has 108 valence electrons. The van der Waals surface area contributed by atoms with Crippen molar-refractivity contribution in [1.82, 2.24) is 0 Å². The predicted octanol–water partition coefficient (Wildman–Crippen LogP) is 3.59. The first-order chi connectivity index (χ1) is 10.1. The van der Waals surface area contributed by atoms with Gasteiger partial charge in [0.05, 0.1) is 5.41 Å². The first kappa shape index (κ1) is 13.6. The number of carbonyl (C=O) groups excluding carboxylic acids is 1. The first-order valence-corrected chi connectivity index (χ1v) is 6.97. The van der Waals surface area contributed by atoms with E-state index in [0.29, 0.717) is 24.1 Å². The molecule has 0 bridgehead atoms. The Labute approximate surface area is 122 Å². The Morgan fingerprint density at radius 2 is 1.90 bits per heavy atom. The first-order valence-electron chi connectivity index (χ1n) is 6.97. The molecule has 0 heterocycles. The Morgan fingerprint density at radius 1 is 1.14 bits per heavy atom. The van der Waals surface area contributed by atoms with E-state index in [1.165, 1.54) is 18.2 Å². The molecular formula is C17H16FNO2. The summed E-state index contributed by atoms with van der Waals surface area (Å²) in [5.41, 5.74) is 0.174. The van der Waals surface area contributed by atoms with Crippen molar-refractivity contribution in [1.29, 1.82) is 0 Å². The number of halogens is 1. The molecule has 1 fully saturated rings. The zero-order valence-corrected chi connectivity index (χ0v) is 11.5. The van der Waals surface area contributed by atoms with Crippen LogP contribution in [0.3, 0.4) is 0 Å². The molecule has 1 aliphatic rings. The van der Waals surface area contributed by atoms with Gasteiger partial charge in [-0.15, -0.1) is 0 Å². The molecule has 0 radical (unpaired) electrons. The van der Waals surface area contributed by atoms with Gasteiger partial charge in [-0.25, -0.2) is 4.39 Å². The van der Waals surface area contributed by atoms with E-state index in [4.69, 9.17) is 0 Å². The van der Waals surface area contributed by atoms with Crippen molar-refractivity contribution >= 4 is 11.6 Å². The van der Waals surface area contributed by atoms with Crippen LogP contribution < -0.4 is 5.32 Å². The fourth-order valence-electron chi connectivity index (χ4n) is 2.83. The van der Waals surface area contributed by atoms with Gasteiger partial charge in [0.2, 0.25) is 5.91 Å². The zero-order chi connectivity index (χ0) is 14.9. The molecular weight excluding hydrogens is 269 g/mol. The van der Waals surface area contributed by atoms with Crippen LogP contribution in [0.15, 0.2) is 48.5 Å². The monoisotopic (exact) mass is 285 g/mol. The number of hydrogen-bond acceptors (Lipinski definition) is 2. The Hall–Kier alpha value is -2.36. The quantitative estimate of drug-likeness (QED) is 0.905. The number of carbonyl (C=O) groups is 1. The second-order valence-electron chi connectivity index (χ2n) is 5.42. The molecule has 1 aliphatic carbocycles. The van der Waals surface area contributed by atoms with Crippen LogP contribution in [0.25, 0.3) is 0 Å². The topological polar surface area (TPSA) is 49.3 Å². The minimum absolute atomic E-state index is 0.0846. The predicted molar refractivity (Wildman–Crippen MR) is 78.7 cm³/mol. The number of hydrogen-bond donors (Lipinski definition) is 2. The molecule has 0 aliphatic heterocycles. The van der Waals surface area contributed by atoms with E-state index in [1.54, 1.807) is 30.3 Å². The van der Waals surface area contributed by atoms with Crippen molar-refractivity contribution in [2.75, 3.05) is 5.32 Å². The Morgan fingerprint density at radius 3 is 2.52 bits per heavy atom. The summed E-state index contributed by atoms with van der Waals surface area (Å²) in [5.74, 6) is -0.478. The number of phenols is 1. The SMILES string of the molecule is O=C(Nc1cccc(O)c1)C1(c2ccccc2F)CCC1. The molecule has 3 nitrogen and oxygen atoms in total.